The van der Waals surface area contributed by atoms with Crippen LogP contribution < -0.4 is 5.63 Å². The van der Waals surface area contributed by atoms with E-state index in [0.29, 0.717) is 16.5 Å². The number of rotatable bonds is 1. The molecule has 1 fully saturated rings. The van der Waals surface area contributed by atoms with Crippen LogP contribution in [0.2, 0.25) is 0 Å². The maximum Gasteiger partial charge on any atom is 0.336 e. The van der Waals surface area contributed by atoms with Gasteiger partial charge >= 0.3 is 5.63 Å². The second-order valence-corrected chi connectivity index (χ2v) is 5.19. The van der Waals surface area contributed by atoms with Crippen molar-refractivity contribution < 1.29 is 18.8 Å². The molecule has 1 aromatic heterocycles. The number of carbonyl (C=O) groups is 2. The Kier molecular flexibility index (Phi) is 2.47. The molecule has 1 saturated heterocycles. The topological polar surface area (TPSA) is 89.2 Å². The van der Waals surface area contributed by atoms with E-state index in [1.165, 1.54) is 13.1 Å². The lowest BCUT2D eigenvalue weighted by Crippen LogP contribution is -2.29. The normalized spacial score (nSPS) is 23.7. The van der Waals surface area contributed by atoms with Crippen molar-refractivity contribution in [3.8, 4) is 0 Å². The number of imide groups is 1. The fourth-order valence-corrected chi connectivity index (χ4v) is 2.86. The summed E-state index contributed by atoms with van der Waals surface area (Å²) in [5, 5.41) is 4.52. The highest BCUT2D eigenvalue weighted by Gasteiger charge is 2.54. The molecular weight excluding hydrogens is 288 g/mol. The average molecular weight is 298 g/mol. The van der Waals surface area contributed by atoms with Gasteiger partial charge in [0.1, 0.15) is 17.2 Å². The summed E-state index contributed by atoms with van der Waals surface area (Å²) in [5.74, 6) is -1.63. The zero-order valence-corrected chi connectivity index (χ0v) is 11.5. The van der Waals surface area contributed by atoms with Crippen molar-refractivity contribution in [2.75, 3.05) is 7.05 Å². The van der Waals surface area contributed by atoms with Gasteiger partial charge in [-0.15, -0.1) is 0 Å². The van der Waals surface area contributed by atoms with Crippen LogP contribution in [0.5, 0.6) is 0 Å². The first-order chi connectivity index (χ1) is 10.6. The molecule has 0 saturated carbocycles. The van der Waals surface area contributed by atoms with E-state index in [1.54, 1.807) is 24.3 Å². The van der Waals surface area contributed by atoms with Gasteiger partial charge < -0.3 is 9.25 Å². The van der Waals surface area contributed by atoms with E-state index in [0.717, 1.165) is 4.90 Å². The Morgan fingerprint density at radius 1 is 1.14 bits per heavy atom. The van der Waals surface area contributed by atoms with Crippen molar-refractivity contribution in [3.63, 3.8) is 0 Å². The maximum absolute atomic E-state index is 12.2. The van der Waals surface area contributed by atoms with Crippen LogP contribution in [-0.2, 0) is 14.4 Å². The summed E-state index contributed by atoms with van der Waals surface area (Å²) in [6.07, 6.45) is -0.946. The number of para-hydroxylation sites is 1. The first-order valence-electron chi connectivity index (χ1n) is 6.66. The van der Waals surface area contributed by atoms with Crippen LogP contribution in [0.1, 0.15) is 5.56 Å². The van der Waals surface area contributed by atoms with Gasteiger partial charge in [0.05, 0.1) is 0 Å². The number of amides is 2. The minimum Gasteiger partial charge on any atom is -0.423 e. The quantitative estimate of drug-likeness (QED) is 0.565. The molecule has 22 heavy (non-hydrogen) atoms. The molecule has 0 aliphatic carbocycles. The summed E-state index contributed by atoms with van der Waals surface area (Å²) in [6.45, 7) is 0. The number of nitrogens with zero attached hydrogens (tertiary/aromatic N) is 2. The Hall–Kier alpha value is -2.96. The molecule has 0 bridgehead atoms. The number of likely N-dealkylation sites (N-methyl/N-ethyl adjacent to an activating group) is 1. The molecule has 0 N–H and O–H groups in total. The van der Waals surface area contributed by atoms with Crippen LogP contribution in [0.15, 0.2) is 44.7 Å². The summed E-state index contributed by atoms with van der Waals surface area (Å²) >= 11 is 0. The third kappa shape index (κ3) is 1.56. The maximum atomic E-state index is 12.2. The van der Waals surface area contributed by atoms with Gasteiger partial charge in [0.25, 0.3) is 5.91 Å². The van der Waals surface area contributed by atoms with Crippen molar-refractivity contribution in [2.24, 2.45) is 11.1 Å². The highest BCUT2D eigenvalue weighted by molar-refractivity contribution is 6.25. The first kappa shape index (κ1) is 12.8. The summed E-state index contributed by atoms with van der Waals surface area (Å²) in [5.41, 5.74) is 0.582. The summed E-state index contributed by atoms with van der Waals surface area (Å²) in [6, 6.07) is 8.20. The molecule has 7 heteroatoms. The van der Waals surface area contributed by atoms with Crippen molar-refractivity contribution >= 4 is 28.5 Å². The molecule has 1 aromatic carbocycles. The van der Waals surface area contributed by atoms with Gasteiger partial charge in [0.15, 0.2) is 0 Å². The molecule has 0 spiro atoms. The summed E-state index contributed by atoms with van der Waals surface area (Å²) in [4.78, 5) is 42.1. The lowest BCUT2D eigenvalue weighted by atomic mass is 9.92. The number of benzene rings is 1. The summed E-state index contributed by atoms with van der Waals surface area (Å²) in [7, 11) is 1.40. The van der Waals surface area contributed by atoms with Crippen LogP contribution in [0.4, 0.5) is 0 Å². The van der Waals surface area contributed by atoms with Gasteiger partial charge in [-0.25, -0.2) is 4.79 Å². The lowest BCUT2D eigenvalue weighted by Gasteiger charge is -2.09. The lowest BCUT2D eigenvalue weighted by molar-refractivity contribution is -0.140. The van der Waals surface area contributed by atoms with Gasteiger partial charge in [-0.1, -0.05) is 23.4 Å². The molecule has 0 radical (unpaired) electrons. The molecule has 2 unspecified atom stereocenters. The zero-order valence-electron chi connectivity index (χ0n) is 11.5. The Bertz CT molecular complexity index is 914. The van der Waals surface area contributed by atoms with E-state index >= 15 is 0 Å². The molecule has 7 nitrogen and oxygen atoms in total. The smallest absolute Gasteiger partial charge is 0.336 e. The minimum absolute atomic E-state index is 0.289. The van der Waals surface area contributed by atoms with E-state index in [1.807, 2.05) is 0 Å². The standard InChI is InChI=1S/C15H10N2O5/c1-17-14(19)11-12(16-22-13(11)15(17)20)8-6-10(18)21-9-5-3-2-4-7(8)9/h2-6,11,13H,1H3. The van der Waals surface area contributed by atoms with Crippen LogP contribution in [0, 0.1) is 5.92 Å². The predicted octanol–water partition coefficient (Wildman–Crippen LogP) is 0.511. The van der Waals surface area contributed by atoms with Gasteiger partial charge in [-0.3, -0.25) is 14.5 Å². The number of oxime groups is 1. The Morgan fingerprint density at radius 3 is 2.73 bits per heavy atom. The van der Waals surface area contributed by atoms with Crippen molar-refractivity contribution in [1.29, 1.82) is 0 Å². The summed E-state index contributed by atoms with van der Waals surface area (Å²) < 4.78 is 5.13. The van der Waals surface area contributed by atoms with Crippen LogP contribution in [-0.4, -0.2) is 35.6 Å². The molecule has 110 valence electrons. The fourth-order valence-electron chi connectivity index (χ4n) is 2.86. The van der Waals surface area contributed by atoms with Gasteiger partial charge in [0.2, 0.25) is 12.0 Å². The largest absolute Gasteiger partial charge is 0.423 e. The van der Waals surface area contributed by atoms with Crippen LogP contribution >= 0.6 is 0 Å². The molecule has 2 aromatic rings. The van der Waals surface area contributed by atoms with Gasteiger partial charge in [0, 0.05) is 24.1 Å². The number of carbonyl (C=O) groups excluding carboxylic acids is 2. The van der Waals surface area contributed by atoms with E-state index in [9.17, 15) is 14.4 Å². The second kappa shape index (κ2) is 4.27. The zero-order chi connectivity index (χ0) is 15.4. The minimum atomic E-state index is -0.946. The van der Waals surface area contributed by atoms with E-state index < -0.39 is 23.6 Å². The third-order valence-corrected chi connectivity index (χ3v) is 3.96. The number of hydrogen-bond acceptors (Lipinski definition) is 6. The SMILES string of the molecule is CN1C(=O)C2ON=C(c3cc(=O)oc4ccccc34)C2C1=O. The molecule has 3 heterocycles. The van der Waals surface area contributed by atoms with Crippen molar-refractivity contribution in [3.05, 3.63) is 46.3 Å². The molecule has 2 atom stereocenters. The molecule has 2 amide bonds. The average Bonchev–Trinajstić information content (AvgIpc) is 3.03. The number of hydrogen-bond donors (Lipinski definition) is 0. The highest BCUT2D eigenvalue weighted by Crippen LogP contribution is 2.33. The van der Waals surface area contributed by atoms with Crippen LogP contribution in [0.25, 0.3) is 11.0 Å². The second-order valence-electron chi connectivity index (χ2n) is 5.19. The monoisotopic (exact) mass is 298 g/mol. The van der Waals surface area contributed by atoms with Gasteiger partial charge in [-0.2, -0.15) is 0 Å². The molecule has 2 aliphatic rings. The van der Waals surface area contributed by atoms with E-state index in [2.05, 4.69) is 5.16 Å². The van der Waals surface area contributed by atoms with Crippen molar-refractivity contribution in [2.45, 2.75) is 6.10 Å². The highest BCUT2D eigenvalue weighted by atomic mass is 16.6. The fraction of sp³-hybridized carbons (Fsp3) is 0.200. The van der Waals surface area contributed by atoms with Gasteiger partial charge in [-0.05, 0) is 6.07 Å². The van der Waals surface area contributed by atoms with E-state index in [-0.39, 0.29) is 11.6 Å². The molecule has 2 aliphatic heterocycles. The Balaban J connectivity index is 1.92. The first-order valence-corrected chi connectivity index (χ1v) is 6.66. The molecule has 4 rings (SSSR count). The van der Waals surface area contributed by atoms with Crippen LogP contribution in [0.3, 0.4) is 0 Å². The Morgan fingerprint density at radius 2 is 1.91 bits per heavy atom. The predicted molar refractivity (Wildman–Crippen MR) is 75.2 cm³/mol. The van der Waals surface area contributed by atoms with Crippen molar-refractivity contribution in [1.82, 2.24) is 4.90 Å². The number of fused-ring (bicyclic) bond motifs is 2. The Labute approximate surface area is 123 Å². The third-order valence-electron chi connectivity index (χ3n) is 3.96. The number of likely N-dealkylation sites (tertiary alicyclic amines) is 1. The van der Waals surface area contributed by atoms with E-state index in [4.69, 9.17) is 9.25 Å². The molecular formula is C15H10N2O5.